The molecule has 0 amide bonds. The average Bonchev–Trinajstić information content (AvgIpc) is 2.83. The van der Waals surface area contributed by atoms with E-state index in [2.05, 4.69) is 18.4 Å². The molecule has 0 aliphatic carbocycles. The van der Waals surface area contributed by atoms with Gasteiger partial charge in [-0.1, -0.05) is 58.3 Å². The molecule has 1 unspecified atom stereocenters. The summed E-state index contributed by atoms with van der Waals surface area (Å²) in [4.78, 5) is 0. The number of aryl methyl sites for hydroxylation is 1. The second-order valence-electron chi connectivity index (χ2n) is 5.47. The van der Waals surface area contributed by atoms with Crippen molar-refractivity contribution in [2.45, 2.75) is 77.7 Å². The van der Waals surface area contributed by atoms with Gasteiger partial charge < -0.3 is 4.42 Å². The molecule has 0 radical (unpaired) electrons. The second kappa shape index (κ2) is 10.0. The highest BCUT2D eigenvalue weighted by atomic mass is 16.3. The summed E-state index contributed by atoms with van der Waals surface area (Å²) in [5.41, 5.74) is 4.06. The van der Waals surface area contributed by atoms with Gasteiger partial charge in [-0.05, 0) is 19.4 Å². The monoisotopic (exact) mass is 266 g/mol. The van der Waals surface area contributed by atoms with E-state index in [1.807, 2.05) is 13.2 Å². The summed E-state index contributed by atoms with van der Waals surface area (Å²) in [6, 6.07) is 2.30. The largest absolute Gasteiger partial charge is 0.469 e. The predicted octanol–water partition coefficient (Wildman–Crippen LogP) is 4.62. The minimum Gasteiger partial charge on any atom is -0.469 e. The molecule has 0 fully saturated rings. The Morgan fingerprint density at radius 2 is 1.74 bits per heavy atom. The van der Waals surface area contributed by atoms with Crippen molar-refractivity contribution < 1.29 is 4.42 Å². The molecule has 1 aromatic heterocycles. The molecule has 19 heavy (non-hydrogen) atoms. The first kappa shape index (κ1) is 16.3. The maximum atomic E-state index is 5.62. The molecule has 0 bridgehead atoms. The molecule has 1 aromatic rings. The van der Waals surface area contributed by atoms with Crippen molar-refractivity contribution in [2.75, 3.05) is 0 Å². The lowest BCUT2D eigenvalue weighted by Crippen LogP contribution is -2.27. The van der Waals surface area contributed by atoms with Crippen LogP contribution in [-0.4, -0.2) is 0 Å². The Bertz CT molecular complexity index is 322. The van der Waals surface area contributed by atoms with E-state index in [1.165, 1.54) is 56.9 Å². The zero-order chi connectivity index (χ0) is 13.9. The summed E-state index contributed by atoms with van der Waals surface area (Å²) < 4.78 is 5.33. The third-order valence-corrected chi connectivity index (χ3v) is 3.70. The van der Waals surface area contributed by atoms with Crippen molar-refractivity contribution >= 4 is 0 Å². The van der Waals surface area contributed by atoms with Crippen molar-refractivity contribution in [3.8, 4) is 0 Å². The normalized spacial score (nSPS) is 12.8. The summed E-state index contributed by atoms with van der Waals surface area (Å²) >= 11 is 0. The molecule has 3 heteroatoms. The van der Waals surface area contributed by atoms with Gasteiger partial charge in [0, 0.05) is 11.6 Å². The number of hydrazine groups is 1. The fraction of sp³-hybridized carbons (Fsp3) is 0.750. The first-order chi connectivity index (χ1) is 9.27. The standard InChI is InChI=1S/C16H30N2O/c1-3-4-5-6-7-8-9-10-11-16(18-17)15-12-14(2)19-13-15/h12-13,16,18H,3-11,17H2,1-2H3. The van der Waals surface area contributed by atoms with Gasteiger partial charge in [0.1, 0.15) is 5.76 Å². The van der Waals surface area contributed by atoms with Gasteiger partial charge in [-0.3, -0.25) is 11.3 Å². The zero-order valence-electron chi connectivity index (χ0n) is 12.6. The Labute approximate surface area is 117 Å². The Hall–Kier alpha value is -0.800. The lowest BCUT2D eigenvalue weighted by molar-refractivity contribution is 0.466. The van der Waals surface area contributed by atoms with Gasteiger partial charge in [0.05, 0.1) is 6.26 Å². The number of rotatable bonds is 11. The van der Waals surface area contributed by atoms with E-state index in [0.29, 0.717) is 0 Å². The molecule has 0 aliphatic heterocycles. The smallest absolute Gasteiger partial charge is 0.101 e. The molecule has 0 saturated carbocycles. The average molecular weight is 266 g/mol. The Balaban J connectivity index is 2.07. The van der Waals surface area contributed by atoms with Crippen molar-refractivity contribution in [1.82, 2.24) is 5.43 Å². The van der Waals surface area contributed by atoms with E-state index >= 15 is 0 Å². The van der Waals surface area contributed by atoms with Crippen LogP contribution in [0.25, 0.3) is 0 Å². The third-order valence-electron chi connectivity index (χ3n) is 3.70. The molecule has 3 N–H and O–H groups in total. The highest BCUT2D eigenvalue weighted by molar-refractivity contribution is 5.15. The summed E-state index contributed by atoms with van der Waals surface area (Å²) in [6.45, 7) is 4.23. The van der Waals surface area contributed by atoms with Crippen LogP contribution < -0.4 is 11.3 Å². The summed E-state index contributed by atoms with van der Waals surface area (Å²) in [7, 11) is 0. The van der Waals surface area contributed by atoms with Crippen LogP contribution in [0.3, 0.4) is 0 Å². The van der Waals surface area contributed by atoms with Crippen LogP contribution in [0.5, 0.6) is 0 Å². The molecule has 3 nitrogen and oxygen atoms in total. The van der Waals surface area contributed by atoms with Gasteiger partial charge in [-0.25, -0.2) is 0 Å². The molecule has 1 heterocycles. The van der Waals surface area contributed by atoms with Crippen molar-refractivity contribution in [2.24, 2.45) is 5.84 Å². The first-order valence-electron chi connectivity index (χ1n) is 7.79. The van der Waals surface area contributed by atoms with Crippen LogP contribution in [0, 0.1) is 6.92 Å². The predicted molar refractivity (Wildman–Crippen MR) is 80.7 cm³/mol. The Morgan fingerprint density at radius 3 is 2.26 bits per heavy atom. The van der Waals surface area contributed by atoms with Crippen LogP contribution in [0.2, 0.25) is 0 Å². The number of unbranched alkanes of at least 4 members (excludes halogenated alkanes) is 7. The molecular weight excluding hydrogens is 236 g/mol. The number of nitrogens with one attached hydrogen (secondary N) is 1. The molecule has 0 aromatic carbocycles. The number of furan rings is 1. The van der Waals surface area contributed by atoms with E-state index < -0.39 is 0 Å². The van der Waals surface area contributed by atoms with Crippen molar-refractivity contribution in [3.63, 3.8) is 0 Å². The maximum absolute atomic E-state index is 5.62. The van der Waals surface area contributed by atoms with Crippen LogP contribution in [0.15, 0.2) is 16.7 Å². The topological polar surface area (TPSA) is 51.2 Å². The number of hydrogen-bond donors (Lipinski definition) is 2. The van der Waals surface area contributed by atoms with E-state index in [9.17, 15) is 0 Å². The Kier molecular flexibility index (Phi) is 8.59. The Morgan fingerprint density at radius 1 is 1.11 bits per heavy atom. The van der Waals surface area contributed by atoms with Crippen LogP contribution in [0.4, 0.5) is 0 Å². The van der Waals surface area contributed by atoms with E-state index in [0.717, 1.165) is 12.2 Å². The molecule has 1 rings (SSSR count). The second-order valence-corrected chi connectivity index (χ2v) is 5.47. The summed E-state index contributed by atoms with van der Waals surface area (Å²) in [5, 5.41) is 0. The highest BCUT2D eigenvalue weighted by Crippen LogP contribution is 2.21. The van der Waals surface area contributed by atoms with Gasteiger partial charge in [0.15, 0.2) is 0 Å². The van der Waals surface area contributed by atoms with Gasteiger partial charge in [-0.2, -0.15) is 0 Å². The van der Waals surface area contributed by atoms with Crippen molar-refractivity contribution in [1.29, 1.82) is 0 Å². The highest BCUT2D eigenvalue weighted by Gasteiger charge is 2.11. The summed E-state index contributed by atoms with van der Waals surface area (Å²) in [5.74, 6) is 6.57. The first-order valence-corrected chi connectivity index (χ1v) is 7.79. The van der Waals surface area contributed by atoms with E-state index in [1.54, 1.807) is 0 Å². The van der Waals surface area contributed by atoms with Crippen LogP contribution in [0.1, 0.15) is 82.1 Å². The molecule has 0 aliphatic rings. The number of nitrogens with two attached hydrogens (primary N) is 1. The molecule has 0 saturated heterocycles. The maximum Gasteiger partial charge on any atom is 0.101 e. The van der Waals surface area contributed by atoms with Gasteiger partial charge in [0.25, 0.3) is 0 Å². The quantitative estimate of drug-likeness (QED) is 0.349. The summed E-state index contributed by atoms with van der Waals surface area (Å²) in [6.07, 6.45) is 13.7. The molecular formula is C16H30N2O. The van der Waals surface area contributed by atoms with Crippen LogP contribution >= 0.6 is 0 Å². The lowest BCUT2D eigenvalue weighted by Gasteiger charge is -2.13. The fourth-order valence-corrected chi connectivity index (χ4v) is 2.48. The SMILES string of the molecule is CCCCCCCCCCC(NN)c1coc(C)c1. The van der Waals surface area contributed by atoms with Gasteiger partial charge in [0.2, 0.25) is 0 Å². The third kappa shape index (κ3) is 6.79. The van der Waals surface area contributed by atoms with Gasteiger partial charge >= 0.3 is 0 Å². The molecule has 0 spiro atoms. The van der Waals surface area contributed by atoms with E-state index in [4.69, 9.17) is 10.3 Å². The fourth-order valence-electron chi connectivity index (χ4n) is 2.48. The number of hydrogen-bond acceptors (Lipinski definition) is 3. The minimum atomic E-state index is 0.234. The molecule has 1 atom stereocenters. The van der Waals surface area contributed by atoms with Gasteiger partial charge in [-0.15, -0.1) is 0 Å². The zero-order valence-corrected chi connectivity index (χ0v) is 12.6. The van der Waals surface area contributed by atoms with Crippen molar-refractivity contribution in [3.05, 3.63) is 23.7 Å². The van der Waals surface area contributed by atoms with Crippen LogP contribution in [-0.2, 0) is 0 Å². The minimum absolute atomic E-state index is 0.234. The lowest BCUT2D eigenvalue weighted by atomic mass is 10.0. The van der Waals surface area contributed by atoms with E-state index in [-0.39, 0.29) is 6.04 Å². The molecule has 110 valence electrons.